The zero-order valence-corrected chi connectivity index (χ0v) is 9.97. The summed E-state index contributed by atoms with van der Waals surface area (Å²) in [6, 6.07) is 0.144. The maximum absolute atomic E-state index is 6.24. The van der Waals surface area contributed by atoms with E-state index >= 15 is 0 Å². The number of nitrogens with zero attached hydrogens (tertiary/aromatic N) is 2. The van der Waals surface area contributed by atoms with Crippen LogP contribution >= 0.6 is 0 Å². The van der Waals surface area contributed by atoms with Crippen LogP contribution in [0.1, 0.15) is 43.8 Å². The average Bonchev–Trinajstić information content (AvgIpc) is 2.92. The van der Waals surface area contributed by atoms with Gasteiger partial charge in [-0.25, -0.2) is 4.98 Å². The van der Waals surface area contributed by atoms with Crippen molar-refractivity contribution in [3.8, 4) is 0 Å². The van der Waals surface area contributed by atoms with Gasteiger partial charge in [0.2, 0.25) is 0 Å². The third kappa shape index (κ3) is 1.77. The van der Waals surface area contributed by atoms with E-state index in [1.807, 2.05) is 17.9 Å². The monoisotopic (exact) mass is 219 g/mol. The Morgan fingerprint density at radius 2 is 2.38 bits per heavy atom. The lowest BCUT2D eigenvalue weighted by Crippen LogP contribution is -2.19. The highest BCUT2D eigenvalue weighted by atomic mass is 15.0. The Morgan fingerprint density at radius 3 is 2.94 bits per heavy atom. The van der Waals surface area contributed by atoms with Crippen LogP contribution in [0.3, 0.4) is 0 Å². The van der Waals surface area contributed by atoms with Gasteiger partial charge < -0.3 is 10.3 Å². The quantitative estimate of drug-likeness (QED) is 0.847. The van der Waals surface area contributed by atoms with E-state index in [-0.39, 0.29) is 6.04 Å². The van der Waals surface area contributed by atoms with Crippen LogP contribution in [-0.4, -0.2) is 9.55 Å². The van der Waals surface area contributed by atoms with Gasteiger partial charge in [-0.2, -0.15) is 0 Å². The van der Waals surface area contributed by atoms with Crippen molar-refractivity contribution in [3.05, 3.63) is 18.2 Å². The Morgan fingerprint density at radius 1 is 1.50 bits per heavy atom. The Bertz CT molecular complexity index is 371. The highest BCUT2D eigenvalue weighted by Gasteiger charge is 2.39. The molecule has 4 atom stereocenters. The van der Waals surface area contributed by atoms with E-state index in [0.29, 0.717) is 0 Å². The lowest BCUT2D eigenvalue weighted by atomic mass is 9.84. The topological polar surface area (TPSA) is 43.8 Å². The molecule has 3 rings (SSSR count). The van der Waals surface area contributed by atoms with Gasteiger partial charge in [-0.3, -0.25) is 0 Å². The summed E-state index contributed by atoms with van der Waals surface area (Å²) in [7, 11) is 2.00. The van der Waals surface area contributed by atoms with Crippen molar-refractivity contribution in [2.75, 3.05) is 0 Å². The first-order chi connectivity index (χ1) is 7.72. The van der Waals surface area contributed by atoms with Crippen LogP contribution in [0, 0.1) is 17.8 Å². The summed E-state index contributed by atoms with van der Waals surface area (Å²) in [6.45, 7) is 0. The molecule has 3 nitrogen and oxygen atoms in total. The fourth-order valence-electron chi connectivity index (χ4n) is 3.74. The van der Waals surface area contributed by atoms with Gasteiger partial charge in [0.05, 0.1) is 12.0 Å². The summed E-state index contributed by atoms with van der Waals surface area (Å²) >= 11 is 0. The molecule has 88 valence electrons. The number of rotatable bonds is 3. The summed E-state index contributed by atoms with van der Waals surface area (Å²) < 4.78 is 1.98. The van der Waals surface area contributed by atoms with Crippen molar-refractivity contribution in [2.24, 2.45) is 30.5 Å². The Labute approximate surface area is 97.0 Å². The molecule has 0 amide bonds. The normalized spacial score (nSPS) is 34.5. The van der Waals surface area contributed by atoms with Crippen LogP contribution < -0.4 is 5.73 Å². The molecule has 2 fully saturated rings. The van der Waals surface area contributed by atoms with E-state index in [2.05, 4.69) is 11.2 Å². The van der Waals surface area contributed by atoms with Crippen molar-refractivity contribution >= 4 is 0 Å². The molecule has 0 radical (unpaired) electrons. The molecule has 1 aromatic heterocycles. The molecule has 1 aromatic rings. The SMILES string of the molecule is Cn1cnc(C(N)CC2CC3CCC2C3)c1. The molecule has 2 N–H and O–H groups in total. The lowest BCUT2D eigenvalue weighted by Gasteiger charge is -2.23. The molecule has 0 aromatic carbocycles. The smallest absolute Gasteiger partial charge is 0.0947 e. The Balaban J connectivity index is 1.62. The van der Waals surface area contributed by atoms with Crippen LogP contribution in [0.4, 0.5) is 0 Å². The summed E-state index contributed by atoms with van der Waals surface area (Å²) in [4.78, 5) is 4.36. The third-order valence-corrected chi connectivity index (χ3v) is 4.55. The van der Waals surface area contributed by atoms with E-state index in [9.17, 15) is 0 Å². The minimum Gasteiger partial charge on any atom is -0.340 e. The van der Waals surface area contributed by atoms with Gasteiger partial charge in [-0.1, -0.05) is 6.42 Å². The highest BCUT2D eigenvalue weighted by Crippen LogP contribution is 2.50. The Hall–Kier alpha value is -0.830. The lowest BCUT2D eigenvalue weighted by molar-refractivity contribution is 0.295. The average molecular weight is 219 g/mol. The second-order valence-corrected chi connectivity index (χ2v) is 5.74. The standard InChI is InChI=1S/C13H21N3/c1-16-7-13(15-8-16)12(14)6-11-5-9-2-3-10(11)4-9/h7-12H,2-6,14H2,1H3. The number of hydrogen-bond donors (Lipinski definition) is 1. The molecule has 3 heteroatoms. The minimum atomic E-state index is 0.144. The third-order valence-electron chi connectivity index (χ3n) is 4.55. The molecular formula is C13H21N3. The summed E-state index contributed by atoms with van der Waals surface area (Å²) in [6.07, 6.45) is 10.8. The number of nitrogens with two attached hydrogens (primary N) is 1. The first-order valence-corrected chi connectivity index (χ1v) is 6.46. The van der Waals surface area contributed by atoms with Crippen LogP contribution in [0.5, 0.6) is 0 Å². The van der Waals surface area contributed by atoms with E-state index in [1.165, 1.54) is 25.7 Å². The first-order valence-electron chi connectivity index (χ1n) is 6.46. The summed E-state index contributed by atoms with van der Waals surface area (Å²) in [5.74, 6) is 2.86. The molecule has 2 aliphatic rings. The zero-order chi connectivity index (χ0) is 11.1. The molecule has 2 aliphatic carbocycles. The zero-order valence-electron chi connectivity index (χ0n) is 9.97. The second kappa shape index (κ2) is 3.88. The molecule has 2 saturated carbocycles. The van der Waals surface area contributed by atoms with Gasteiger partial charge in [0.15, 0.2) is 0 Å². The van der Waals surface area contributed by atoms with Gasteiger partial charge >= 0.3 is 0 Å². The number of imidazole rings is 1. The van der Waals surface area contributed by atoms with Crippen molar-refractivity contribution < 1.29 is 0 Å². The molecule has 4 unspecified atom stereocenters. The van der Waals surface area contributed by atoms with Crippen molar-refractivity contribution in [3.63, 3.8) is 0 Å². The number of aromatic nitrogens is 2. The van der Waals surface area contributed by atoms with E-state index in [4.69, 9.17) is 5.73 Å². The van der Waals surface area contributed by atoms with E-state index in [0.717, 1.165) is 29.9 Å². The number of hydrogen-bond acceptors (Lipinski definition) is 2. The second-order valence-electron chi connectivity index (χ2n) is 5.74. The van der Waals surface area contributed by atoms with Gasteiger partial charge in [0, 0.05) is 19.3 Å². The number of fused-ring (bicyclic) bond motifs is 2. The van der Waals surface area contributed by atoms with Crippen LogP contribution in [0.25, 0.3) is 0 Å². The fourth-order valence-corrected chi connectivity index (χ4v) is 3.74. The molecule has 1 heterocycles. The molecule has 0 spiro atoms. The molecule has 2 bridgehead atoms. The van der Waals surface area contributed by atoms with Crippen molar-refractivity contribution in [1.29, 1.82) is 0 Å². The van der Waals surface area contributed by atoms with Crippen LogP contribution in [0.2, 0.25) is 0 Å². The van der Waals surface area contributed by atoms with Crippen LogP contribution in [-0.2, 0) is 7.05 Å². The Kier molecular flexibility index (Phi) is 2.51. The molecule has 16 heavy (non-hydrogen) atoms. The number of aryl methyl sites for hydroxylation is 1. The predicted molar refractivity (Wildman–Crippen MR) is 63.7 cm³/mol. The van der Waals surface area contributed by atoms with Gasteiger partial charge in [0.25, 0.3) is 0 Å². The predicted octanol–water partition coefficient (Wildman–Crippen LogP) is 2.25. The van der Waals surface area contributed by atoms with Gasteiger partial charge in [-0.15, -0.1) is 0 Å². The van der Waals surface area contributed by atoms with E-state index < -0.39 is 0 Å². The summed E-state index contributed by atoms with van der Waals surface area (Å²) in [5, 5.41) is 0. The first kappa shape index (κ1) is 10.3. The highest BCUT2D eigenvalue weighted by molar-refractivity contribution is 5.04. The maximum atomic E-state index is 6.24. The molecular weight excluding hydrogens is 198 g/mol. The maximum Gasteiger partial charge on any atom is 0.0947 e. The largest absolute Gasteiger partial charge is 0.340 e. The van der Waals surface area contributed by atoms with Crippen molar-refractivity contribution in [2.45, 2.75) is 38.1 Å². The summed E-state index contributed by atoms with van der Waals surface area (Å²) in [5.41, 5.74) is 7.30. The fraction of sp³-hybridized carbons (Fsp3) is 0.769. The molecule has 0 saturated heterocycles. The van der Waals surface area contributed by atoms with Crippen LogP contribution in [0.15, 0.2) is 12.5 Å². The van der Waals surface area contributed by atoms with Gasteiger partial charge in [-0.05, 0) is 43.4 Å². The van der Waals surface area contributed by atoms with Gasteiger partial charge in [0.1, 0.15) is 0 Å². The van der Waals surface area contributed by atoms with Crippen molar-refractivity contribution in [1.82, 2.24) is 9.55 Å². The van der Waals surface area contributed by atoms with E-state index in [1.54, 1.807) is 0 Å². The molecule has 0 aliphatic heterocycles. The minimum absolute atomic E-state index is 0.144.